The van der Waals surface area contributed by atoms with Gasteiger partial charge in [-0.1, -0.05) is 24.3 Å². The number of hydrogen-bond donors (Lipinski definition) is 1. The van der Waals surface area contributed by atoms with Crippen LogP contribution in [0.5, 0.6) is 0 Å². The fraction of sp³-hybridized carbons (Fsp3) is 0.647. The molecule has 0 aromatic heterocycles. The predicted molar refractivity (Wildman–Crippen MR) is 82.1 cm³/mol. The summed E-state index contributed by atoms with van der Waals surface area (Å²) in [6.07, 6.45) is 4.97. The molecule has 1 aromatic rings. The van der Waals surface area contributed by atoms with Gasteiger partial charge in [0, 0.05) is 19.1 Å². The molecule has 2 aliphatic rings. The van der Waals surface area contributed by atoms with Crippen molar-refractivity contribution < 1.29 is 4.74 Å². The van der Waals surface area contributed by atoms with Crippen LogP contribution in [0.25, 0.3) is 0 Å². The van der Waals surface area contributed by atoms with Crippen LogP contribution in [-0.4, -0.2) is 50.3 Å². The molecule has 1 fully saturated rings. The number of hydrogen-bond acceptors (Lipinski definition) is 3. The van der Waals surface area contributed by atoms with Gasteiger partial charge in [-0.25, -0.2) is 0 Å². The van der Waals surface area contributed by atoms with Crippen molar-refractivity contribution in [3.05, 3.63) is 35.4 Å². The first-order chi connectivity index (χ1) is 9.92. The summed E-state index contributed by atoms with van der Waals surface area (Å²) < 4.78 is 5.38. The summed E-state index contributed by atoms with van der Waals surface area (Å²) in [5, 5.41) is 3.74. The zero-order chi connectivity index (χ0) is 13.6. The van der Waals surface area contributed by atoms with Crippen LogP contribution in [0.2, 0.25) is 0 Å². The maximum atomic E-state index is 5.38. The van der Waals surface area contributed by atoms with E-state index in [2.05, 4.69) is 34.5 Å². The highest BCUT2D eigenvalue weighted by molar-refractivity contribution is 5.30. The quantitative estimate of drug-likeness (QED) is 0.830. The molecule has 110 valence electrons. The van der Waals surface area contributed by atoms with Crippen LogP contribution < -0.4 is 5.32 Å². The molecule has 20 heavy (non-hydrogen) atoms. The molecule has 1 unspecified atom stereocenters. The number of benzene rings is 1. The predicted octanol–water partition coefficient (Wildman–Crippen LogP) is 1.86. The van der Waals surface area contributed by atoms with Crippen LogP contribution in [-0.2, 0) is 17.6 Å². The Bertz CT molecular complexity index is 415. The third kappa shape index (κ3) is 3.81. The van der Waals surface area contributed by atoms with Gasteiger partial charge in [-0.15, -0.1) is 0 Å². The summed E-state index contributed by atoms with van der Waals surface area (Å²) in [6, 6.07) is 9.57. The Morgan fingerprint density at radius 1 is 1.15 bits per heavy atom. The SMILES string of the molecule is c1ccc2c(c1)CCC(NCCCN1CCOCC1)C2. The molecule has 1 heterocycles. The van der Waals surface area contributed by atoms with Gasteiger partial charge in [0.25, 0.3) is 0 Å². The first-order valence-corrected chi connectivity index (χ1v) is 8.02. The Balaban J connectivity index is 1.35. The first kappa shape index (κ1) is 14.1. The molecular formula is C17H26N2O. The normalized spacial score (nSPS) is 23.5. The molecule has 0 radical (unpaired) electrons. The number of nitrogens with one attached hydrogen (secondary N) is 1. The Kier molecular flexibility index (Phi) is 5.06. The largest absolute Gasteiger partial charge is 0.379 e. The van der Waals surface area contributed by atoms with Crippen LogP contribution in [0, 0.1) is 0 Å². The smallest absolute Gasteiger partial charge is 0.0594 e. The van der Waals surface area contributed by atoms with Crippen molar-refractivity contribution in [2.75, 3.05) is 39.4 Å². The minimum absolute atomic E-state index is 0.676. The van der Waals surface area contributed by atoms with Crippen molar-refractivity contribution in [2.24, 2.45) is 0 Å². The van der Waals surface area contributed by atoms with Gasteiger partial charge in [-0.05, 0) is 49.9 Å². The summed E-state index contributed by atoms with van der Waals surface area (Å²) >= 11 is 0. The molecule has 1 saturated heterocycles. The van der Waals surface area contributed by atoms with E-state index < -0.39 is 0 Å². The summed E-state index contributed by atoms with van der Waals surface area (Å²) in [5.41, 5.74) is 3.10. The summed E-state index contributed by atoms with van der Waals surface area (Å²) in [6.45, 7) is 6.39. The summed E-state index contributed by atoms with van der Waals surface area (Å²) in [5.74, 6) is 0. The molecule has 3 rings (SSSR count). The number of morpholine rings is 1. The highest BCUT2D eigenvalue weighted by Gasteiger charge is 2.17. The van der Waals surface area contributed by atoms with Gasteiger partial charge in [-0.3, -0.25) is 4.90 Å². The summed E-state index contributed by atoms with van der Waals surface area (Å²) in [4.78, 5) is 2.52. The van der Waals surface area contributed by atoms with E-state index in [4.69, 9.17) is 4.74 Å². The highest BCUT2D eigenvalue weighted by Crippen LogP contribution is 2.20. The van der Waals surface area contributed by atoms with Crippen molar-refractivity contribution >= 4 is 0 Å². The van der Waals surface area contributed by atoms with Crippen LogP contribution in [0.4, 0.5) is 0 Å². The van der Waals surface area contributed by atoms with Crippen molar-refractivity contribution in [1.29, 1.82) is 0 Å². The lowest BCUT2D eigenvalue weighted by Crippen LogP contribution is -2.39. The lowest BCUT2D eigenvalue weighted by Gasteiger charge is -2.28. The maximum absolute atomic E-state index is 5.38. The average molecular weight is 274 g/mol. The Morgan fingerprint density at radius 3 is 2.80 bits per heavy atom. The van der Waals surface area contributed by atoms with Crippen molar-refractivity contribution in [1.82, 2.24) is 10.2 Å². The zero-order valence-electron chi connectivity index (χ0n) is 12.3. The van der Waals surface area contributed by atoms with E-state index in [0.29, 0.717) is 6.04 Å². The average Bonchev–Trinajstić information content (AvgIpc) is 2.52. The van der Waals surface area contributed by atoms with Gasteiger partial charge in [0.1, 0.15) is 0 Å². The van der Waals surface area contributed by atoms with E-state index in [1.807, 2.05) is 0 Å². The van der Waals surface area contributed by atoms with Gasteiger partial charge >= 0.3 is 0 Å². The lowest BCUT2D eigenvalue weighted by atomic mass is 9.88. The van der Waals surface area contributed by atoms with E-state index in [-0.39, 0.29) is 0 Å². The molecule has 0 amide bonds. The minimum Gasteiger partial charge on any atom is -0.379 e. The minimum atomic E-state index is 0.676. The van der Waals surface area contributed by atoms with Crippen molar-refractivity contribution in [2.45, 2.75) is 31.7 Å². The van der Waals surface area contributed by atoms with Gasteiger partial charge in [-0.2, -0.15) is 0 Å². The molecular weight excluding hydrogens is 248 g/mol. The number of aryl methyl sites for hydroxylation is 1. The second-order valence-corrected chi connectivity index (χ2v) is 5.97. The Labute approximate surface area is 122 Å². The van der Waals surface area contributed by atoms with Gasteiger partial charge in [0.2, 0.25) is 0 Å². The first-order valence-electron chi connectivity index (χ1n) is 8.02. The molecule has 1 aliphatic heterocycles. The molecule has 3 heteroatoms. The second kappa shape index (κ2) is 7.21. The van der Waals surface area contributed by atoms with E-state index in [1.165, 1.54) is 32.2 Å². The fourth-order valence-electron chi connectivity index (χ4n) is 3.31. The van der Waals surface area contributed by atoms with Gasteiger partial charge in [0.15, 0.2) is 0 Å². The summed E-state index contributed by atoms with van der Waals surface area (Å²) in [7, 11) is 0. The number of rotatable bonds is 5. The topological polar surface area (TPSA) is 24.5 Å². The van der Waals surface area contributed by atoms with E-state index >= 15 is 0 Å². The molecule has 0 bridgehead atoms. The molecule has 1 N–H and O–H groups in total. The van der Waals surface area contributed by atoms with Crippen LogP contribution in [0.3, 0.4) is 0 Å². The molecule has 0 spiro atoms. The maximum Gasteiger partial charge on any atom is 0.0594 e. The zero-order valence-corrected chi connectivity index (χ0v) is 12.3. The third-order valence-corrected chi connectivity index (χ3v) is 4.53. The van der Waals surface area contributed by atoms with E-state index in [9.17, 15) is 0 Å². The van der Waals surface area contributed by atoms with Crippen LogP contribution in [0.1, 0.15) is 24.0 Å². The molecule has 0 saturated carbocycles. The van der Waals surface area contributed by atoms with Crippen LogP contribution >= 0.6 is 0 Å². The number of nitrogens with zero attached hydrogens (tertiary/aromatic N) is 1. The third-order valence-electron chi connectivity index (χ3n) is 4.53. The van der Waals surface area contributed by atoms with Crippen molar-refractivity contribution in [3.63, 3.8) is 0 Å². The highest BCUT2D eigenvalue weighted by atomic mass is 16.5. The fourth-order valence-corrected chi connectivity index (χ4v) is 3.31. The number of fused-ring (bicyclic) bond motifs is 1. The van der Waals surface area contributed by atoms with Crippen molar-refractivity contribution in [3.8, 4) is 0 Å². The van der Waals surface area contributed by atoms with Gasteiger partial charge < -0.3 is 10.1 Å². The molecule has 1 aromatic carbocycles. The Morgan fingerprint density at radius 2 is 1.95 bits per heavy atom. The number of ether oxygens (including phenoxy) is 1. The second-order valence-electron chi connectivity index (χ2n) is 5.97. The Hall–Kier alpha value is -0.900. The molecule has 3 nitrogen and oxygen atoms in total. The molecule has 1 atom stereocenters. The standard InChI is InChI=1S/C17H26N2O/c1-2-5-16-14-17(7-6-15(16)4-1)18-8-3-9-19-10-12-20-13-11-19/h1-2,4-5,17-18H,3,6-14H2. The van der Waals surface area contributed by atoms with E-state index in [1.54, 1.807) is 11.1 Å². The van der Waals surface area contributed by atoms with Crippen LogP contribution in [0.15, 0.2) is 24.3 Å². The molecule has 1 aliphatic carbocycles. The van der Waals surface area contributed by atoms with Gasteiger partial charge in [0.05, 0.1) is 13.2 Å². The lowest BCUT2D eigenvalue weighted by molar-refractivity contribution is 0.0373. The monoisotopic (exact) mass is 274 g/mol. The van der Waals surface area contributed by atoms with E-state index in [0.717, 1.165) is 32.8 Å².